The zero-order chi connectivity index (χ0) is 28.9. The Hall–Kier alpha value is -5.13. The predicted molar refractivity (Wildman–Crippen MR) is 162 cm³/mol. The van der Waals surface area contributed by atoms with E-state index in [2.05, 4.69) is 60.5 Å². The van der Waals surface area contributed by atoms with Gasteiger partial charge in [0.05, 0.1) is 32.9 Å². The Labute approximate surface area is 249 Å². The molecule has 0 amide bonds. The van der Waals surface area contributed by atoms with Crippen LogP contribution in [0.2, 0.25) is 0 Å². The molecule has 0 saturated carbocycles. The van der Waals surface area contributed by atoms with Gasteiger partial charge in [-0.15, -0.1) is 6.42 Å². The van der Waals surface area contributed by atoms with Gasteiger partial charge in [-0.1, -0.05) is 17.9 Å². The summed E-state index contributed by atoms with van der Waals surface area (Å²) in [6, 6.07) is 21.6. The second kappa shape index (κ2) is 14.9. The van der Waals surface area contributed by atoms with Gasteiger partial charge in [0.25, 0.3) is 0 Å². The van der Waals surface area contributed by atoms with Crippen LogP contribution in [0.1, 0.15) is 16.8 Å². The first kappa shape index (κ1) is 28.9. The second-order valence-corrected chi connectivity index (χ2v) is 9.33. The predicted octanol–water partition coefficient (Wildman–Crippen LogP) is 6.49. The van der Waals surface area contributed by atoms with Crippen LogP contribution in [0.3, 0.4) is 0 Å². The molecule has 0 spiro atoms. The van der Waals surface area contributed by atoms with E-state index < -0.39 is 0 Å². The minimum absolute atomic E-state index is 0.231. The molecule has 0 bridgehead atoms. The first-order valence-electron chi connectivity index (χ1n) is 12.1. The number of benzene rings is 2. The van der Waals surface area contributed by atoms with E-state index in [4.69, 9.17) is 6.42 Å². The highest BCUT2D eigenvalue weighted by atomic mass is 127. The Morgan fingerprint density at radius 3 is 1.83 bits per heavy atom. The van der Waals surface area contributed by atoms with Gasteiger partial charge in [-0.3, -0.25) is 4.98 Å². The molecule has 6 aromatic rings. The van der Waals surface area contributed by atoms with Crippen molar-refractivity contribution in [3.63, 3.8) is 0 Å². The minimum atomic E-state index is -0.268. The van der Waals surface area contributed by atoms with Crippen molar-refractivity contribution < 1.29 is 8.78 Å². The molecule has 0 aliphatic heterocycles. The summed E-state index contributed by atoms with van der Waals surface area (Å²) in [5, 5.41) is 8.30. The van der Waals surface area contributed by atoms with Crippen LogP contribution in [0, 0.1) is 39.4 Å². The number of halogens is 3. The normalized spacial score (nSPS) is 9.61. The van der Waals surface area contributed by atoms with E-state index in [1.807, 2.05) is 36.5 Å². The third kappa shape index (κ3) is 9.24. The third-order valence-corrected chi connectivity index (χ3v) is 5.70. The van der Waals surface area contributed by atoms with Crippen LogP contribution in [0.25, 0.3) is 11.4 Å². The maximum atomic E-state index is 12.9. The van der Waals surface area contributed by atoms with Gasteiger partial charge in [0, 0.05) is 36.5 Å². The van der Waals surface area contributed by atoms with E-state index in [0.717, 1.165) is 26.1 Å². The van der Waals surface area contributed by atoms with Gasteiger partial charge in [0.15, 0.2) is 0 Å². The van der Waals surface area contributed by atoms with Crippen LogP contribution < -0.4 is 0 Å². The Morgan fingerprint density at radius 1 is 0.659 bits per heavy atom. The van der Waals surface area contributed by atoms with E-state index in [0.29, 0.717) is 5.69 Å². The van der Waals surface area contributed by atoms with Gasteiger partial charge in [-0.2, -0.15) is 10.2 Å². The molecule has 41 heavy (non-hydrogen) atoms. The van der Waals surface area contributed by atoms with Gasteiger partial charge < -0.3 is 0 Å². The van der Waals surface area contributed by atoms with E-state index in [9.17, 15) is 8.78 Å². The highest BCUT2D eigenvalue weighted by Crippen LogP contribution is 2.11. The first-order valence-corrected chi connectivity index (χ1v) is 13.1. The summed E-state index contributed by atoms with van der Waals surface area (Å²) < 4.78 is 29.9. The van der Waals surface area contributed by atoms with E-state index in [1.165, 1.54) is 24.3 Å². The maximum Gasteiger partial charge on any atom is 0.123 e. The lowest BCUT2D eigenvalue weighted by molar-refractivity contribution is 0.626. The molecule has 0 saturated heterocycles. The van der Waals surface area contributed by atoms with Gasteiger partial charge >= 0.3 is 0 Å². The van der Waals surface area contributed by atoms with E-state index in [-0.39, 0.29) is 11.6 Å². The Balaban J connectivity index is 0.000000158. The second-order valence-electron chi connectivity index (χ2n) is 8.08. The van der Waals surface area contributed by atoms with Crippen LogP contribution in [0.15, 0.2) is 122 Å². The van der Waals surface area contributed by atoms with Gasteiger partial charge in [-0.25, -0.2) is 23.1 Å². The maximum absolute atomic E-state index is 12.9. The summed E-state index contributed by atoms with van der Waals surface area (Å²) in [5.74, 6) is 7.92. The molecule has 0 unspecified atom stereocenters. The topological polar surface area (TPSA) is 61.4 Å². The van der Waals surface area contributed by atoms with Crippen molar-refractivity contribution in [1.29, 1.82) is 0 Å². The molecule has 2 aromatic carbocycles. The van der Waals surface area contributed by atoms with Crippen molar-refractivity contribution in [1.82, 2.24) is 29.5 Å². The lowest BCUT2D eigenvalue weighted by atomic mass is 10.3. The molecule has 4 aromatic heterocycles. The van der Waals surface area contributed by atoms with Crippen molar-refractivity contribution in [3.05, 3.63) is 154 Å². The molecule has 4 heterocycles. The fraction of sp³-hybridized carbons (Fsp3) is 0. The van der Waals surface area contributed by atoms with Gasteiger partial charge in [0.2, 0.25) is 0 Å². The average Bonchev–Trinajstić information content (AvgIpc) is 3.68. The van der Waals surface area contributed by atoms with Crippen molar-refractivity contribution in [2.24, 2.45) is 0 Å². The number of pyridine rings is 2. The minimum Gasteiger partial charge on any atom is -0.263 e. The number of hydrogen-bond acceptors (Lipinski definition) is 4. The molecule has 0 aliphatic carbocycles. The Bertz CT molecular complexity index is 1760. The quantitative estimate of drug-likeness (QED) is 0.158. The fourth-order valence-corrected chi connectivity index (χ4v) is 3.57. The van der Waals surface area contributed by atoms with Crippen LogP contribution in [-0.4, -0.2) is 29.5 Å². The molecule has 6 nitrogen and oxygen atoms in total. The van der Waals surface area contributed by atoms with Gasteiger partial charge in [0.1, 0.15) is 17.3 Å². The Morgan fingerprint density at radius 2 is 1.32 bits per heavy atom. The highest BCUT2D eigenvalue weighted by Gasteiger charge is 2.00. The molecular formula is C32H21F2IN6. The smallest absolute Gasteiger partial charge is 0.123 e. The molecule has 0 aliphatic rings. The summed E-state index contributed by atoms with van der Waals surface area (Å²) >= 11 is 2.18. The standard InChI is InChI=1S/C16H10FN3.C9H6FIN2.C7H5N/c17-14-5-8-16(9-6-14)20-12-13(11-19-20)4-7-15-3-1-2-10-18-15;10-7-1-3-9(4-2-7)13-6-8(11)5-12-13;1-2-7-4-3-5-8-6-7/h1-3,5-6,8-12H;1-6H;1,3-6H. The number of aromatic nitrogens is 6. The third-order valence-electron chi connectivity index (χ3n) is 5.14. The lowest BCUT2D eigenvalue weighted by Gasteiger charge is -1.99. The molecule has 0 radical (unpaired) electrons. The molecule has 0 atom stereocenters. The monoisotopic (exact) mass is 654 g/mol. The molecule has 9 heteroatoms. The van der Waals surface area contributed by atoms with Crippen LogP contribution in [0.5, 0.6) is 0 Å². The number of nitrogens with zero attached hydrogens (tertiary/aromatic N) is 6. The molecule has 6 rings (SSSR count). The summed E-state index contributed by atoms with van der Waals surface area (Å²) in [6.45, 7) is 0. The van der Waals surface area contributed by atoms with Crippen molar-refractivity contribution in [2.45, 2.75) is 0 Å². The van der Waals surface area contributed by atoms with Crippen molar-refractivity contribution in [2.75, 3.05) is 0 Å². The molecule has 0 fully saturated rings. The Kier molecular flexibility index (Phi) is 10.5. The number of hydrogen-bond donors (Lipinski definition) is 0. The van der Waals surface area contributed by atoms with E-state index in [1.54, 1.807) is 70.8 Å². The van der Waals surface area contributed by atoms with E-state index >= 15 is 0 Å². The lowest BCUT2D eigenvalue weighted by Crippen LogP contribution is -1.93. The number of terminal acetylenes is 1. The van der Waals surface area contributed by atoms with Crippen molar-refractivity contribution >= 4 is 22.6 Å². The first-order chi connectivity index (χ1) is 20.0. The molecular weight excluding hydrogens is 633 g/mol. The van der Waals surface area contributed by atoms with Gasteiger partial charge in [-0.05, 0) is 101 Å². The fourth-order valence-electron chi connectivity index (χ4n) is 3.18. The molecule has 0 N–H and O–H groups in total. The van der Waals surface area contributed by atoms with Crippen LogP contribution in [-0.2, 0) is 0 Å². The largest absolute Gasteiger partial charge is 0.263 e. The average molecular weight is 654 g/mol. The van der Waals surface area contributed by atoms with Crippen molar-refractivity contribution in [3.8, 4) is 35.6 Å². The summed E-state index contributed by atoms with van der Waals surface area (Å²) in [6.07, 6.45) is 17.2. The SMILES string of the molecule is C#Cc1cccnc1.Fc1ccc(-n2cc(C#Cc3ccccn3)cn2)cc1.Fc1ccc(-n2cc(I)cn2)cc1. The summed E-state index contributed by atoms with van der Waals surface area (Å²) in [5.41, 5.74) is 3.97. The zero-order valence-corrected chi connectivity index (χ0v) is 23.6. The summed E-state index contributed by atoms with van der Waals surface area (Å²) in [7, 11) is 0. The highest BCUT2D eigenvalue weighted by molar-refractivity contribution is 14.1. The van der Waals surface area contributed by atoms with Crippen LogP contribution >= 0.6 is 22.6 Å². The number of rotatable bonds is 2. The zero-order valence-electron chi connectivity index (χ0n) is 21.4. The summed E-state index contributed by atoms with van der Waals surface area (Å²) in [4.78, 5) is 7.94. The van der Waals surface area contributed by atoms with Crippen LogP contribution in [0.4, 0.5) is 8.78 Å². The molecule has 200 valence electrons.